The quantitative estimate of drug-likeness (QED) is 0.476. The molecule has 0 saturated heterocycles. The number of rotatable bonds is 5. The Kier molecular flexibility index (Phi) is 4.85. The van der Waals surface area contributed by atoms with Crippen molar-refractivity contribution in [2.75, 3.05) is 5.01 Å². The summed E-state index contributed by atoms with van der Waals surface area (Å²) < 4.78 is 0. The number of nitrogens with zero attached hydrogens (tertiary/aromatic N) is 2. The Labute approximate surface area is 137 Å². The van der Waals surface area contributed by atoms with Crippen LogP contribution < -0.4 is 5.01 Å². The van der Waals surface area contributed by atoms with E-state index in [9.17, 15) is 0 Å². The molecule has 3 aromatic carbocycles. The van der Waals surface area contributed by atoms with Crippen molar-refractivity contribution in [2.24, 2.45) is 5.10 Å². The molecule has 0 aliphatic rings. The van der Waals surface area contributed by atoms with E-state index in [-0.39, 0.29) is 0 Å². The van der Waals surface area contributed by atoms with Crippen LogP contribution in [-0.2, 0) is 6.54 Å². The summed E-state index contributed by atoms with van der Waals surface area (Å²) in [6.07, 6.45) is 1.94. The fraction of sp³-hybridized carbons (Fsp3) is 0.0952. The average molecular weight is 300 g/mol. The fourth-order valence-electron chi connectivity index (χ4n) is 2.42. The minimum absolute atomic E-state index is 0.743. The average Bonchev–Trinajstić information content (AvgIpc) is 2.61. The molecule has 3 aromatic rings. The van der Waals surface area contributed by atoms with Crippen LogP contribution in [0.15, 0.2) is 90.0 Å². The van der Waals surface area contributed by atoms with Crippen LogP contribution in [0.4, 0.5) is 5.69 Å². The summed E-state index contributed by atoms with van der Waals surface area (Å²) in [4.78, 5) is 0. The van der Waals surface area contributed by atoms with E-state index in [0.29, 0.717) is 0 Å². The highest BCUT2D eigenvalue weighted by Crippen LogP contribution is 2.17. The molecule has 0 aliphatic heterocycles. The molecule has 0 radical (unpaired) electrons. The third-order valence-corrected chi connectivity index (χ3v) is 3.75. The number of aryl methyl sites for hydroxylation is 1. The summed E-state index contributed by atoms with van der Waals surface area (Å²) in [5.41, 5.74) is 4.69. The van der Waals surface area contributed by atoms with Gasteiger partial charge in [0.1, 0.15) is 0 Å². The number of benzene rings is 3. The van der Waals surface area contributed by atoms with Crippen LogP contribution in [0.5, 0.6) is 0 Å². The zero-order valence-electron chi connectivity index (χ0n) is 13.3. The molecule has 0 amide bonds. The maximum atomic E-state index is 4.73. The topological polar surface area (TPSA) is 15.6 Å². The van der Waals surface area contributed by atoms with Gasteiger partial charge in [0.05, 0.1) is 18.4 Å². The number of hydrogen-bond acceptors (Lipinski definition) is 2. The summed E-state index contributed by atoms with van der Waals surface area (Å²) in [6, 6.07) is 28.9. The molecule has 2 nitrogen and oxygen atoms in total. The molecule has 0 N–H and O–H groups in total. The smallest absolute Gasteiger partial charge is 0.0666 e. The Morgan fingerprint density at radius 3 is 2.09 bits per heavy atom. The zero-order chi connectivity index (χ0) is 15.9. The molecule has 0 spiro atoms. The van der Waals surface area contributed by atoms with E-state index < -0.39 is 0 Å². The van der Waals surface area contributed by atoms with Gasteiger partial charge in [0, 0.05) is 0 Å². The zero-order valence-corrected chi connectivity index (χ0v) is 13.3. The Bertz CT molecular complexity index is 764. The normalized spacial score (nSPS) is 10.8. The Morgan fingerprint density at radius 1 is 0.783 bits per heavy atom. The van der Waals surface area contributed by atoms with Crippen molar-refractivity contribution < 1.29 is 0 Å². The molecule has 114 valence electrons. The first-order valence-corrected chi connectivity index (χ1v) is 7.79. The van der Waals surface area contributed by atoms with E-state index in [1.54, 1.807) is 0 Å². The van der Waals surface area contributed by atoms with Crippen molar-refractivity contribution in [3.63, 3.8) is 0 Å². The standard InChI is InChI=1S/C21H20N2/c1-18-10-8-9-13-20(18)16-22-23(21-14-6-3-7-15-21)17-19-11-4-2-5-12-19/h2-16H,17H2,1H3/b22-16+. The van der Waals surface area contributed by atoms with Gasteiger partial charge in [-0.05, 0) is 35.7 Å². The molecule has 0 fully saturated rings. The van der Waals surface area contributed by atoms with Gasteiger partial charge in [0.2, 0.25) is 0 Å². The molecule has 0 aromatic heterocycles. The summed E-state index contributed by atoms with van der Waals surface area (Å²) >= 11 is 0. The highest BCUT2D eigenvalue weighted by Gasteiger charge is 2.05. The van der Waals surface area contributed by atoms with Crippen LogP contribution in [-0.4, -0.2) is 6.21 Å². The van der Waals surface area contributed by atoms with E-state index >= 15 is 0 Å². The van der Waals surface area contributed by atoms with Crippen molar-refractivity contribution in [1.82, 2.24) is 0 Å². The highest BCUT2D eigenvalue weighted by atomic mass is 15.4. The van der Waals surface area contributed by atoms with Gasteiger partial charge in [-0.1, -0.05) is 72.8 Å². The van der Waals surface area contributed by atoms with Gasteiger partial charge >= 0.3 is 0 Å². The first-order chi connectivity index (χ1) is 11.3. The second-order valence-corrected chi connectivity index (χ2v) is 5.48. The lowest BCUT2D eigenvalue weighted by Gasteiger charge is -2.19. The van der Waals surface area contributed by atoms with Crippen LogP contribution in [0.1, 0.15) is 16.7 Å². The molecule has 0 bridgehead atoms. The lowest BCUT2D eigenvalue weighted by Crippen LogP contribution is -2.16. The monoisotopic (exact) mass is 300 g/mol. The first kappa shape index (κ1) is 15.0. The molecular formula is C21H20N2. The summed E-state index contributed by atoms with van der Waals surface area (Å²) in [5, 5.41) is 6.76. The van der Waals surface area contributed by atoms with Gasteiger partial charge in [-0.25, -0.2) is 0 Å². The summed E-state index contributed by atoms with van der Waals surface area (Å²) in [5.74, 6) is 0. The molecule has 0 atom stereocenters. The largest absolute Gasteiger partial charge is 0.261 e. The molecule has 0 unspecified atom stereocenters. The minimum Gasteiger partial charge on any atom is -0.261 e. The molecule has 0 heterocycles. The predicted octanol–water partition coefficient (Wildman–Crippen LogP) is 5.04. The van der Waals surface area contributed by atoms with Crippen LogP contribution in [0.2, 0.25) is 0 Å². The summed E-state index contributed by atoms with van der Waals surface area (Å²) in [6.45, 7) is 2.85. The third-order valence-electron chi connectivity index (χ3n) is 3.75. The molecule has 2 heteroatoms. The number of para-hydroxylation sites is 1. The Hall–Kier alpha value is -2.87. The molecular weight excluding hydrogens is 280 g/mol. The van der Waals surface area contributed by atoms with E-state index in [1.807, 2.05) is 47.6 Å². The minimum atomic E-state index is 0.743. The van der Waals surface area contributed by atoms with Crippen LogP contribution in [0.3, 0.4) is 0 Å². The van der Waals surface area contributed by atoms with Gasteiger partial charge in [0.25, 0.3) is 0 Å². The van der Waals surface area contributed by atoms with Crippen LogP contribution in [0.25, 0.3) is 0 Å². The predicted molar refractivity (Wildman–Crippen MR) is 97.8 cm³/mol. The van der Waals surface area contributed by atoms with Crippen molar-refractivity contribution in [3.05, 3.63) is 102 Å². The van der Waals surface area contributed by atoms with Gasteiger partial charge in [-0.3, -0.25) is 5.01 Å². The number of hydrazone groups is 1. The van der Waals surface area contributed by atoms with Gasteiger partial charge in [-0.15, -0.1) is 0 Å². The van der Waals surface area contributed by atoms with Crippen molar-refractivity contribution in [1.29, 1.82) is 0 Å². The second kappa shape index (κ2) is 7.41. The Balaban J connectivity index is 1.88. The molecule has 23 heavy (non-hydrogen) atoms. The Morgan fingerprint density at radius 2 is 1.39 bits per heavy atom. The van der Waals surface area contributed by atoms with Gasteiger partial charge < -0.3 is 0 Å². The second-order valence-electron chi connectivity index (χ2n) is 5.48. The maximum absolute atomic E-state index is 4.73. The fourth-order valence-corrected chi connectivity index (χ4v) is 2.42. The van der Waals surface area contributed by atoms with E-state index in [0.717, 1.165) is 17.8 Å². The maximum Gasteiger partial charge on any atom is 0.0666 e. The lowest BCUT2D eigenvalue weighted by atomic mass is 10.1. The highest BCUT2D eigenvalue weighted by molar-refractivity contribution is 5.82. The first-order valence-electron chi connectivity index (χ1n) is 7.79. The molecule has 3 rings (SSSR count). The molecule has 0 aliphatic carbocycles. The van der Waals surface area contributed by atoms with Crippen molar-refractivity contribution >= 4 is 11.9 Å². The van der Waals surface area contributed by atoms with Crippen LogP contribution >= 0.6 is 0 Å². The molecule has 0 saturated carbocycles. The number of hydrogen-bond donors (Lipinski definition) is 0. The summed E-state index contributed by atoms with van der Waals surface area (Å²) in [7, 11) is 0. The van der Waals surface area contributed by atoms with E-state index in [2.05, 4.69) is 55.5 Å². The lowest BCUT2D eigenvalue weighted by molar-refractivity contribution is 0.858. The van der Waals surface area contributed by atoms with Crippen molar-refractivity contribution in [2.45, 2.75) is 13.5 Å². The van der Waals surface area contributed by atoms with Crippen molar-refractivity contribution in [3.8, 4) is 0 Å². The third kappa shape index (κ3) is 4.07. The van der Waals surface area contributed by atoms with Gasteiger partial charge in [0.15, 0.2) is 0 Å². The van der Waals surface area contributed by atoms with Gasteiger partial charge in [-0.2, -0.15) is 5.10 Å². The number of anilines is 1. The van der Waals surface area contributed by atoms with E-state index in [4.69, 9.17) is 5.10 Å². The van der Waals surface area contributed by atoms with Crippen LogP contribution in [0, 0.1) is 6.92 Å². The van der Waals surface area contributed by atoms with E-state index in [1.165, 1.54) is 11.1 Å². The SMILES string of the molecule is Cc1ccccc1/C=N/N(Cc1ccccc1)c1ccccc1.